The highest BCUT2D eigenvalue weighted by molar-refractivity contribution is 9.10. The monoisotopic (exact) mass is 277 g/mol. The number of rotatable bonds is 3. The van der Waals surface area contributed by atoms with Gasteiger partial charge >= 0.3 is 0 Å². The second-order valence-corrected chi connectivity index (χ2v) is 5.25. The summed E-state index contributed by atoms with van der Waals surface area (Å²) in [5, 5.41) is 0. The zero-order valence-electron chi connectivity index (χ0n) is 8.78. The molecule has 15 heavy (non-hydrogen) atoms. The summed E-state index contributed by atoms with van der Waals surface area (Å²) in [5.41, 5.74) is 5.46. The topological polar surface area (TPSA) is 26.0 Å². The van der Waals surface area contributed by atoms with Crippen LogP contribution in [-0.2, 0) is 6.42 Å². The van der Waals surface area contributed by atoms with Gasteiger partial charge in [-0.1, -0.05) is 15.9 Å². The molecule has 0 unspecified atom stereocenters. The Kier molecular flexibility index (Phi) is 3.84. The van der Waals surface area contributed by atoms with Crippen molar-refractivity contribution in [1.29, 1.82) is 0 Å². The Morgan fingerprint density at radius 1 is 1.27 bits per heavy atom. The maximum absolute atomic E-state index is 13.4. The standard InChI is InChI=1S/C11H14BrF2N/c1-11(2,15)4-3-8-9(13)5-7(12)6-10(8)14/h5-6H,3-4,15H2,1-2H3. The first kappa shape index (κ1) is 12.6. The van der Waals surface area contributed by atoms with Crippen LogP contribution in [0.2, 0.25) is 0 Å². The molecule has 0 amide bonds. The first-order chi connectivity index (χ1) is 6.79. The molecule has 1 nitrogen and oxygen atoms in total. The summed E-state index contributed by atoms with van der Waals surface area (Å²) < 4.78 is 27.2. The first-order valence-corrected chi connectivity index (χ1v) is 5.51. The molecule has 0 saturated carbocycles. The number of hydrogen-bond donors (Lipinski definition) is 1. The van der Waals surface area contributed by atoms with Crippen molar-refractivity contribution in [3.63, 3.8) is 0 Å². The van der Waals surface area contributed by atoms with Gasteiger partial charge in [-0.3, -0.25) is 0 Å². The minimum atomic E-state index is -0.522. The Labute approximate surface area is 96.8 Å². The van der Waals surface area contributed by atoms with Crippen molar-refractivity contribution in [2.75, 3.05) is 0 Å². The zero-order valence-corrected chi connectivity index (χ0v) is 10.4. The molecule has 0 bridgehead atoms. The maximum Gasteiger partial charge on any atom is 0.130 e. The van der Waals surface area contributed by atoms with Crippen LogP contribution in [0.1, 0.15) is 25.8 Å². The van der Waals surface area contributed by atoms with E-state index < -0.39 is 17.2 Å². The Morgan fingerprint density at radius 3 is 2.13 bits per heavy atom. The van der Waals surface area contributed by atoms with Crippen molar-refractivity contribution in [2.24, 2.45) is 5.73 Å². The molecule has 1 rings (SSSR count). The van der Waals surface area contributed by atoms with Gasteiger partial charge in [0, 0.05) is 15.6 Å². The number of halogens is 3. The molecule has 1 aromatic rings. The van der Waals surface area contributed by atoms with Gasteiger partial charge in [-0.15, -0.1) is 0 Å². The Hall–Kier alpha value is -0.480. The quantitative estimate of drug-likeness (QED) is 0.901. The largest absolute Gasteiger partial charge is 0.326 e. The van der Waals surface area contributed by atoms with Gasteiger partial charge in [0.15, 0.2) is 0 Å². The van der Waals surface area contributed by atoms with Crippen LogP contribution < -0.4 is 5.73 Å². The van der Waals surface area contributed by atoms with Crippen molar-refractivity contribution >= 4 is 15.9 Å². The normalized spacial score (nSPS) is 11.9. The highest BCUT2D eigenvalue weighted by atomic mass is 79.9. The Morgan fingerprint density at radius 2 is 1.73 bits per heavy atom. The predicted molar refractivity (Wildman–Crippen MR) is 60.6 cm³/mol. The molecule has 0 aliphatic rings. The molecule has 1 aromatic carbocycles. The van der Waals surface area contributed by atoms with E-state index in [0.29, 0.717) is 17.3 Å². The molecule has 0 atom stereocenters. The second-order valence-electron chi connectivity index (χ2n) is 4.34. The summed E-state index contributed by atoms with van der Waals surface area (Å²) >= 11 is 3.03. The van der Waals surface area contributed by atoms with E-state index in [1.165, 1.54) is 12.1 Å². The van der Waals surface area contributed by atoms with Gasteiger partial charge in [-0.2, -0.15) is 0 Å². The first-order valence-electron chi connectivity index (χ1n) is 4.72. The molecular formula is C11H14BrF2N. The lowest BCUT2D eigenvalue weighted by Gasteiger charge is -2.18. The van der Waals surface area contributed by atoms with Gasteiger partial charge in [0.25, 0.3) is 0 Å². The fourth-order valence-electron chi connectivity index (χ4n) is 1.26. The fraction of sp³-hybridized carbons (Fsp3) is 0.455. The van der Waals surface area contributed by atoms with Gasteiger partial charge < -0.3 is 5.73 Å². The van der Waals surface area contributed by atoms with Gasteiger partial charge in [0.2, 0.25) is 0 Å². The van der Waals surface area contributed by atoms with E-state index in [2.05, 4.69) is 15.9 Å². The third-order valence-corrected chi connectivity index (χ3v) is 2.58. The molecule has 4 heteroatoms. The maximum atomic E-state index is 13.4. The Bertz CT molecular complexity index is 335. The summed E-state index contributed by atoms with van der Waals surface area (Å²) in [6.45, 7) is 3.67. The van der Waals surface area contributed by atoms with Crippen molar-refractivity contribution in [3.05, 3.63) is 33.8 Å². The predicted octanol–water partition coefficient (Wildman–Crippen LogP) is 3.40. The lowest BCUT2D eigenvalue weighted by atomic mass is 9.96. The zero-order chi connectivity index (χ0) is 11.6. The Balaban J connectivity index is 2.86. The lowest BCUT2D eigenvalue weighted by molar-refractivity contribution is 0.460. The highest BCUT2D eigenvalue weighted by Crippen LogP contribution is 2.22. The fourth-order valence-corrected chi connectivity index (χ4v) is 1.66. The minimum absolute atomic E-state index is 0.108. The van der Waals surface area contributed by atoms with Gasteiger partial charge in [0.1, 0.15) is 11.6 Å². The smallest absolute Gasteiger partial charge is 0.130 e. The van der Waals surface area contributed by atoms with E-state index in [9.17, 15) is 8.78 Å². The van der Waals surface area contributed by atoms with Crippen LogP contribution in [0.4, 0.5) is 8.78 Å². The van der Waals surface area contributed by atoms with Crippen molar-refractivity contribution in [2.45, 2.75) is 32.2 Å². The summed E-state index contributed by atoms with van der Waals surface area (Å²) in [7, 11) is 0. The average molecular weight is 278 g/mol. The molecule has 0 aliphatic heterocycles. The molecule has 0 radical (unpaired) electrons. The van der Waals surface area contributed by atoms with Crippen LogP contribution in [0.15, 0.2) is 16.6 Å². The van der Waals surface area contributed by atoms with Crippen molar-refractivity contribution < 1.29 is 8.78 Å². The second kappa shape index (κ2) is 4.58. The summed E-state index contributed by atoms with van der Waals surface area (Å²) in [4.78, 5) is 0. The molecule has 0 heterocycles. The van der Waals surface area contributed by atoms with E-state index in [1.54, 1.807) is 0 Å². The van der Waals surface area contributed by atoms with Crippen LogP contribution in [-0.4, -0.2) is 5.54 Å². The number of nitrogens with two attached hydrogens (primary N) is 1. The third kappa shape index (κ3) is 3.87. The molecule has 0 spiro atoms. The summed E-state index contributed by atoms with van der Waals surface area (Å²) in [5.74, 6) is -1.04. The molecule has 0 saturated heterocycles. The van der Waals surface area contributed by atoms with E-state index in [0.717, 1.165) is 0 Å². The van der Waals surface area contributed by atoms with Gasteiger partial charge in [-0.25, -0.2) is 8.78 Å². The SMILES string of the molecule is CC(C)(N)CCc1c(F)cc(Br)cc1F. The minimum Gasteiger partial charge on any atom is -0.326 e. The van der Waals surface area contributed by atoms with Crippen LogP contribution in [0.5, 0.6) is 0 Å². The van der Waals surface area contributed by atoms with Crippen LogP contribution in [0.25, 0.3) is 0 Å². The lowest BCUT2D eigenvalue weighted by Crippen LogP contribution is -2.32. The van der Waals surface area contributed by atoms with Crippen molar-refractivity contribution in [3.8, 4) is 0 Å². The van der Waals surface area contributed by atoms with E-state index >= 15 is 0 Å². The van der Waals surface area contributed by atoms with Crippen LogP contribution in [0.3, 0.4) is 0 Å². The van der Waals surface area contributed by atoms with Crippen LogP contribution in [0, 0.1) is 11.6 Å². The van der Waals surface area contributed by atoms with Crippen molar-refractivity contribution in [1.82, 2.24) is 0 Å². The molecule has 84 valence electrons. The number of benzene rings is 1. The van der Waals surface area contributed by atoms with Gasteiger partial charge in [0.05, 0.1) is 0 Å². The van der Waals surface area contributed by atoms with E-state index in [4.69, 9.17) is 5.73 Å². The summed E-state index contributed by atoms with van der Waals surface area (Å²) in [6.07, 6.45) is 0.858. The molecular weight excluding hydrogens is 264 g/mol. The molecule has 0 fully saturated rings. The highest BCUT2D eigenvalue weighted by Gasteiger charge is 2.15. The molecule has 2 N–H and O–H groups in total. The molecule has 0 aromatic heterocycles. The molecule has 0 aliphatic carbocycles. The average Bonchev–Trinajstić information content (AvgIpc) is 1.99. The van der Waals surface area contributed by atoms with E-state index in [-0.39, 0.29) is 5.56 Å². The van der Waals surface area contributed by atoms with E-state index in [1.807, 2.05) is 13.8 Å². The summed E-state index contributed by atoms with van der Waals surface area (Å²) in [6, 6.07) is 2.53. The van der Waals surface area contributed by atoms with Crippen LogP contribution >= 0.6 is 15.9 Å². The van der Waals surface area contributed by atoms with Gasteiger partial charge in [-0.05, 0) is 38.8 Å². The number of hydrogen-bond acceptors (Lipinski definition) is 1. The third-order valence-electron chi connectivity index (χ3n) is 2.13.